The van der Waals surface area contributed by atoms with Crippen molar-refractivity contribution in [3.05, 3.63) is 60.1 Å². The van der Waals surface area contributed by atoms with Crippen LogP contribution in [0.5, 0.6) is 5.75 Å². The molecular weight excluding hydrogens is 320 g/mol. The van der Waals surface area contributed by atoms with Crippen LogP contribution in [0.2, 0.25) is 0 Å². The Morgan fingerprint density at radius 1 is 1.12 bits per heavy atom. The SMILES string of the molecule is COc1cc(CNCc2cccc3nonc23)ccc1-c1cnco1. The lowest BCUT2D eigenvalue weighted by Gasteiger charge is -2.10. The summed E-state index contributed by atoms with van der Waals surface area (Å²) in [6.07, 6.45) is 3.08. The highest BCUT2D eigenvalue weighted by Gasteiger charge is 2.10. The monoisotopic (exact) mass is 336 g/mol. The molecule has 4 rings (SSSR count). The highest BCUT2D eigenvalue weighted by molar-refractivity contribution is 5.76. The molecule has 0 saturated carbocycles. The second-order valence-corrected chi connectivity index (χ2v) is 5.55. The van der Waals surface area contributed by atoms with Crippen LogP contribution < -0.4 is 10.1 Å². The van der Waals surface area contributed by atoms with E-state index in [-0.39, 0.29) is 0 Å². The van der Waals surface area contributed by atoms with E-state index in [1.165, 1.54) is 6.39 Å². The van der Waals surface area contributed by atoms with Gasteiger partial charge in [0.05, 0.1) is 18.9 Å². The number of nitrogens with one attached hydrogen (secondary N) is 1. The lowest BCUT2D eigenvalue weighted by atomic mass is 10.1. The van der Waals surface area contributed by atoms with E-state index in [4.69, 9.17) is 13.8 Å². The molecule has 0 aliphatic rings. The third kappa shape index (κ3) is 3.09. The predicted octanol–water partition coefficient (Wildman–Crippen LogP) is 3.18. The molecular formula is C18H16N4O3. The van der Waals surface area contributed by atoms with Crippen molar-refractivity contribution >= 4 is 11.0 Å². The first-order valence-corrected chi connectivity index (χ1v) is 7.82. The van der Waals surface area contributed by atoms with E-state index in [0.29, 0.717) is 18.8 Å². The number of methoxy groups -OCH3 is 1. The number of benzene rings is 2. The van der Waals surface area contributed by atoms with Crippen molar-refractivity contribution in [3.8, 4) is 17.1 Å². The second kappa shape index (κ2) is 6.74. The van der Waals surface area contributed by atoms with Crippen LogP contribution >= 0.6 is 0 Å². The van der Waals surface area contributed by atoms with Crippen molar-refractivity contribution in [2.75, 3.05) is 7.11 Å². The van der Waals surface area contributed by atoms with Crippen LogP contribution in [0.4, 0.5) is 0 Å². The predicted molar refractivity (Wildman–Crippen MR) is 90.8 cm³/mol. The third-order valence-corrected chi connectivity index (χ3v) is 3.98. The van der Waals surface area contributed by atoms with Crippen LogP contribution in [0.15, 0.2) is 58.0 Å². The van der Waals surface area contributed by atoms with Gasteiger partial charge in [-0.2, -0.15) is 0 Å². The molecule has 2 aromatic carbocycles. The van der Waals surface area contributed by atoms with Gasteiger partial charge in [0.1, 0.15) is 16.8 Å². The van der Waals surface area contributed by atoms with Crippen LogP contribution in [0.25, 0.3) is 22.4 Å². The van der Waals surface area contributed by atoms with E-state index >= 15 is 0 Å². The number of hydrogen-bond donors (Lipinski definition) is 1. The number of fused-ring (bicyclic) bond motifs is 1. The Kier molecular flexibility index (Phi) is 4.14. The number of ether oxygens (including phenoxy) is 1. The Morgan fingerprint density at radius 2 is 2.08 bits per heavy atom. The second-order valence-electron chi connectivity index (χ2n) is 5.55. The molecule has 0 radical (unpaired) electrons. The molecule has 0 aliphatic heterocycles. The molecule has 25 heavy (non-hydrogen) atoms. The van der Waals surface area contributed by atoms with Crippen molar-refractivity contribution in [1.82, 2.24) is 20.6 Å². The maximum absolute atomic E-state index is 5.48. The van der Waals surface area contributed by atoms with Crippen LogP contribution in [-0.4, -0.2) is 22.4 Å². The molecule has 7 heteroatoms. The zero-order valence-corrected chi connectivity index (χ0v) is 13.6. The van der Waals surface area contributed by atoms with E-state index in [1.54, 1.807) is 13.3 Å². The van der Waals surface area contributed by atoms with Crippen LogP contribution in [0, 0.1) is 0 Å². The van der Waals surface area contributed by atoms with Gasteiger partial charge in [-0.05, 0) is 39.6 Å². The molecule has 0 amide bonds. The standard InChI is InChI=1S/C18H16N4O3/c1-23-16-7-12(5-6-14(16)17-10-20-11-24-17)8-19-9-13-3-2-4-15-18(13)22-25-21-15/h2-7,10-11,19H,8-9H2,1H3. The zero-order valence-electron chi connectivity index (χ0n) is 13.6. The van der Waals surface area contributed by atoms with E-state index in [2.05, 4.69) is 20.6 Å². The number of rotatable bonds is 6. The summed E-state index contributed by atoms with van der Waals surface area (Å²) in [6, 6.07) is 11.8. The van der Waals surface area contributed by atoms with Gasteiger partial charge in [0.25, 0.3) is 0 Å². The molecule has 1 N–H and O–H groups in total. The third-order valence-electron chi connectivity index (χ3n) is 3.98. The van der Waals surface area contributed by atoms with Gasteiger partial charge in [0.2, 0.25) is 0 Å². The average Bonchev–Trinajstić information content (AvgIpc) is 3.33. The molecule has 126 valence electrons. The molecule has 2 aromatic heterocycles. The van der Waals surface area contributed by atoms with Gasteiger partial charge in [-0.3, -0.25) is 0 Å². The quantitative estimate of drug-likeness (QED) is 0.578. The summed E-state index contributed by atoms with van der Waals surface area (Å²) in [4.78, 5) is 3.95. The fourth-order valence-corrected chi connectivity index (χ4v) is 2.74. The largest absolute Gasteiger partial charge is 0.496 e. The van der Waals surface area contributed by atoms with Crippen molar-refractivity contribution in [3.63, 3.8) is 0 Å². The fraction of sp³-hybridized carbons (Fsp3) is 0.167. The Hall–Kier alpha value is -3.19. The van der Waals surface area contributed by atoms with Crippen LogP contribution in [0.1, 0.15) is 11.1 Å². The number of aromatic nitrogens is 3. The van der Waals surface area contributed by atoms with Gasteiger partial charge in [0, 0.05) is 13.1 Å². The highest BCUT2D eigenvalue weighted by Crippen LogP contribution is 2.30. The summed E-state index contributed by atoms with van der Waals surface area (Å²) in [6.45, 7) is 1.35. The Bertz CT molecular complexity index is 979. The maximum atomic E-state index is 5.48. The summed E-state index contributed by atoms with van der Waals surface area (Å²) in [7, 11) is 1.64. The number of hydrogen-bond acceptors (Lipinski definition) is 7. The molecule has 0 fully saturated rings. The summed E-state index contributed by atoms with van der Waals surface area (Å²) >= 11 is 0. The van der Waals surface area contributed by atoms with Crippen LogP contribution in [-0.2, 0) is 13.1 Å². The Morgan fingerprint density at radius 3 is 2.92 bits per heavy atom. The van der Waals surface area contributed by atoms with E-state index < -0.39 is 0 Å². The first kappa shape index (κ1) is 15.3. The Balaban J connectivity index is 1.47. The van der Waals surface area contributed by atoms with Crippen LogP contribution in [0.3, 0.4) is 0 Å². The van der Waals surface area contributed by atoms with Gasteiger partial charge >= 0.3 is 0 Å². The smallest absolute Gasteiger partial charge is 0.181 e. The first-order valence-electron chi connectivity index (χ1n) is 7.82. The van der Waals surface area contributed by atoms with E-state index in [0.717, 1.165) is 33.5 Å². The minimum atomic E-state index is 0.664. The fourth-order valence-electron chi connectivity index (χ4n) is 2.74. The molecule has 0 aliphatic carbocycles. The van der Waals surface area contributed by atoms with Gasteiger partial charge in [-0.15, -0.1) is 0 Å². The minimum Gasteiger partial charge on any atom is -0.496 e. The lowest BCUT2D eigenvalue weighted by molar-refractivity contribution is 0.315. The van der Waals surface area contributed by atoms with Gasteiger partial charge in [0.15, 0.2) is 12.2 Å². The first-order chi connectivity index (χ1) is 12.3. The van der Waals surface area contributed by atoms with Gasteiger partial charge in [-0.1, -0.05) is 18.2 Å². The summed E-state index contributed by atoms with van der Waals surface area (Å²) < 4.78 is 15.6. The lowest BCUT2D eigenvalue weighted by Crippen LogP contribution is -2.13. The number of oxazole rings is 1. The molecule has 0 spiro atoms. The van der Waals surface area contributed by atoms with Gasteiger partial charge in [-0.25, -0.2) is 9.61 Å². The summed E-state index contributed by atoms with van der Waals surface area (Å²) in [5.74, 6) is 1.43. The highest BCUT2D eigenvalue weighted by atomic mass is 16.6. The summed E-state index contributed by atoms with van der Waals surface area (Å²) in [5, 5.41) is 11.2. The van der Waals surface area contributed by atoms with Crippen molar-refractivity contribution in [2.24, 2.45) is 0 Å². The topological polar surface area (TPSA) is 86.2 Å². The minimum absolute atomic E-state index is 0.664. The zero-order chi connectivity index (χ0) is 17.1. The average molecular weight is 336 g/mol. The molecule has 4 aromatic rings. The maximum Gasteiger partial charge on any atom is 0.181 e. The number of nitrogens with zero attached hydrogens (tertiary/aromatic N) is 3. The molecule has 0 atom stereocenters. The molecule has 7 nitrogen and oxygen atoms in total. The summed E-state index contributed by atoms with van der Waals surface area (Å²) in [5.41, 5.74) is 4.57. The molecule has 0 unspecified atom stereocenters. The van der Waals surface area contributed by atoms with Crippen molar-refractivity contribution < 1.29 is 13.8 Å². The van der Waals surface area contributed by atoms with E-state index in [9.17, 15) is 0 Å². The molecule has 2 heterocycles. The van der Waals surface area contributed by atoms with E-state index in [1.807, 2.05) is 36.4 Å². The molecule has 0 saturated heterocycles. The van der Waals surface area contributed by atoms with Crippen molar-refractivity contribution in [2.45, 2.75) is 13.1 Å². The Labute approximate surface area is 143 Å². The normalized spacial score (nSPS) is 11.1. The van der Waals surface area contributed by atoms with Crippen molar-refractivity contribution in [1.29, 1.82) is 0 Å². The molecule has 0 bridgehead atoms. The van der Waals surface area contributed by atoms with Gasteiger partial charge < -0.3 is 14.5 Å².